The van der Waals surface area contributed by atoms with E-state index >= 15 is 0 Å². The van der Waals surface area contributed by atoms with Gasteiger partial charge in [0.05, 0.1) is 11.9 Å². The molecule has 0 aliphatic carbocycles. The van der Waals surface area contributed by atoms with Crippen LogP contribution in [0.1, 0.15) is 21.6 Å². The summed E-state index contributed by atoms with van der Waals surface area (Å²) in [5.41, 5.74) is 6.20. The molecule has 0 saturated heterocycles. The minimum Gasteiger partial charge on any atom is -0.489 e. The van der Waals surface area contributed by atoms with E-state index in [0.29, 0.717) is 23.0 Å². The van der Waals surface area contributed by atoms with Gasteiger partial charge in [0.2, 0.25) is 0 Å². The monoisotopic (exact) mass is 430 g/mol. The van der Waals surface area contributed by atoms with E-state index in [-0.39, 0.29) is 5.91 Å². The molecule has 0 atom stereocenters. The standard InChI is InChI=1S/C24H19ClN4O2/c25-20-11-9-19(10-12-20)22-14-23(28-27-22)24(30)29-26-15-18-7-4-8-21(13-18)31-16-17-5-2-1-3-6-17/h1-15H,16H2,(H,27,28)(H,29,30)/b26-15+. The zero-order valence-electron chi connectivity index (χ0n) is 16.5. The number of halogens is 1. The third-order valence-electron chi connectivity index (χ3n) is 4.45. The average Bonchev–Trinajstić information content (AvgIpc) is 3.30. The number of nitrogens with zero attached hydrogens (tertiary/aromatic N) is 2. The Morgan fingerprint density at radius 1 is 1.03 bits per heavy atom. The van der Waals surface area contributed by atoms with Crippen LogP contribution in [0.15, 0.2) is 90.0 Å². The van der Waals surface area contributed by atoms with Crippen LogP contribution in [0.4, 0.5) is 0 Å². The van der Waals surface area contributed by atoms with E-state index in [4.69, 9.17) is 16.3 Å². The van der Waals surface area contributed by atoms with E-state index in [1.807, 2.05) is 66.7 Å². The lowest BCUT2D eigenvalue weighted by molar-refractivity contribution is 0.0950. The fourth-order valence-corrected chi connectivity index (χ4v) is 2.98. The highest BCUT2D eigenvalue weighted by atomic mass is 35.5. The summed E-state index contributed by atoms with van der Waals surface area (Å²) in [5, 5.41) is 11.5. The normalized spacial score (nSPS) is 10.9. The molecule has 6 nitrogen and oxygen atoms in total. The molecule has 3 aromatic carbocycles. The van der Waals surface area contributed by atoms with Crippen molar-refractivity contribution in [3.8, 4) is 17.0 Å². The number of carbonyl (C=O) groups is 1. The van der Waals surface area contributed by atoms with Gasteiger partial charge >= 0.3 is 0 Å². The smallest absolute Gasteiger partial charge is 0.289 e. The average molecular weight is 431 g/mol. The van der Waals surface area contributed by atoms with Gasteiger partial charge in [0.15, 0.2) is 0 Å². The van der Waals surface area contributed by atoms with E-state index in [0.717, 1.165) is 22.4 Å². The molecule has 1 heterocycles. The zero-order chi connectivity index (χ0) is 21.5. The predicted molar refractivity (Wildman–Crippen MR) is 121 cm³/mol. The molecule has 4 rings (SSSR count). The Hall–Kier alpha value is -3.90. The van der Waals surface area contributed by atoms with Crippen LogP contribution in [-0.2, 0) is 6.61 Å². The molecule has 1 aromatic heterocycles. The van der Waals surface area contributed by atoms with Crippen LogP contribution in [0, 0.1) is 0 Å². The number of rotatable bonds is 7. The summed E-state index contributed by atoms with van der Waals surface area (Å²) in [6, 6.07) is 26.3. The highest BCUT2D eigenvalue weighted by molar-refractivity contribution is 6.30. The number of aromatic nitrogens is 2. The lowest BCUT2D eigenvalue weighted by Crippen LogP contribution is -2.18. The number of carbonyl (C=O) groups excluding carboxylic acids is 1. The Morgan fingerprint density at radius 2 is 1.84 bits per heavy atom. The van der Waals surface area contributed by atoms with E-state index in [9.17, 15) is 4.79 Å². The topological polar surface area (TPSA) is 79.4 Å². The van der Waals surface area contributed by atoms with Gasteiger partial charge in [-0.2, -0.15) is 10.2 Å². The van der Waals surface area contributed by atoms with Gasteiger partial charge < -0.3 is 4.74 Å². The van der Waals surface area contributed by atoms with Crippen LogP contribution < -0.4 is 10.2 Å². The van der Waals surface area contributed by atoms with Gasteiger partial charge in [-0.05, 0) is 41.5 Å². The van der Waals surface area contributed by atoms with Gasteiger partial charge in [-0.25, -0.2) is 5.43 Å². The highest BCUT2D eigenvalue weighted by Gasteiger charge is 2.10. The number of ether oxygens (including phenoxy) is 1. The molecule has 0 aliphatic heterocycles. The molecule has 31 heavy (non-hydrogen) atoms. The number of hydrogen-bond acceptors (Lipinski definition) is 4. The second-order valence-electron chi connectivity index (χ2n) is 6.72. The Bertz CT molecular complexity index is 1190. The maximum absolute atomic E-state index is 12.3. The molecule has 4 aromatic rings. The second kappa shape index (κ2) is 9.73. The summed E-state index contributed by atoms with van der Waals surface area (Å²) in [6.45, 7) is 0.480. The SMILES string of the molecule is O=C(N/N=C/c1cccc(OCc2ccccc2)c1)c1cc(-c2ccc(Cl)cc2)n[nH]1. The summed E-state index contributed by atoms with van der Waals surface area (Å²) < 4.78 is 5.81. The Kier molecular flexibility index (Phi) is 6.40. The lowest BCUT2D eigenvalue weighted by Gasteiger charge is -2.06. The zero-order valence-corrected chi connectivity index (χ0v) is 17.2. The largest absolute Gasteiger partial charge is 0.489 e. The first kappa shape index (κ1) is 20.4. The molecule has 0 saturated carbocycles. The predicted octanol–water partition coefficient (Wildman–Crippen LogP) is 5.07. The van der Waals surface area contributed by atoms with E-state index in [1.54, 1.807) is 24.4 Å². The first-order chi connectivity index (χ1) is 15.2. The maximum Gasteiger partial charge on any atom is 0.289 e. The van der Waals surface area contributed by atoms with Crippen molar-refractivity contribution in [2.75, 3.05) is 0 Å². The Morgan fingerprint density at radius 3 is 2.65 bits per heavy atom. The molecule has 2 N–H and O–H groups in total. The number of aromatic amines is 1. The first-order valence-corrected chi connectivity index (χ1v) is 9.97. The quantitative estimate of drug-likeness (QED) is 0.317. The van der Waals surface area contributed by atoms with Crippen molar-refractivity contribution in [2.24, 2.45) is 5.10 Å². The highest BCUT2D eigenvalue weighted by Crippen LogP contribution is 2.20. The van der Waals surface area contributed by atoms with Gasteiger partial charge in [0.1, 0.15) is 18.1 Å². The summed E-state index contributed by atoms with van der Waals surface area (Å²) in [7, 11) is 0. The van der Waals surface area contributed by atoms with E-state index < -0.39 is 0 Å². The van der Waals surface area contributed by atoms with Gasteiger partial charge in [-0.3, -0.25) is 9.89 Å². The number of H-pyrrole nitrogens is 1. The third-order valence-corrected chi connectivity index (χ3v) is 4.70. The minimum atomic E-state index is -0.388. The van der Waals surface area contributed by atoms with Gasteiger partial charge in [0, 0.05) is 10.6 Å². The molecule has 154 valence electrons. The maximum atomic E-state index is 12.3. The van der Waals surface area contributed by atoms with Crippen LogP contribution in [-0.4, -0.2) is 22.3 Å². The summed E-state index contributed by atoms with van der Waals surface area (Å²) in [6.07, 6.45) is 1.56. The summed E-state index contributed by atoms with van der Waals surface area (Å²) in [4.78, 5) is 12.3. The van der Waals surface area contributed by atoms with Gasteiger partial charge in [0.25, 0.3) is 5.91 Å². The molecule has 0 aliphatic rings. The summed E-state index contributed by atoms with van der Waals surface area (Å²) >= 11 is 5.90. The number of nitrogens with one attached hydrogen (secondary N) is 2. The fourth-order valence-electron chi connectivity index (χ4n) is 2.86. The number of benzene rings is 3. The summed E-state index contributed by atoms with van der Waals surface area (Å²) in [5.74, 6) is 0.334. The van der Waals surface area contributed by atoms with Crippen molar-refractivity contribution < 1.29 is 9.53 Å². The number of hydrogen-bond donors (Lipinski definition) is 2. The van der Waals surface area contributed by atoms with Crippen LogP contribution in [0.3, 0.4) is 0 Å². The van der Waals surface area contributed by atoms with Crippen molar-refractivity contribution in [2.45, 2.75) is 6.61 Å². The van der Waals surface area contributed by atoms with E-state index in [2.05, 4.69) is 20.7 Å². The molecular formula is C24H19ClN4O2. The van der Waals surface area contributed by atoms with Crippen molar-refractivity contribution in [1.29, 1.82) is 0 Å². The molecule has 7 heteroatoms. The van der Waals surface area contributed by atoms with Crippen molar-refractivity contribution in [1.82, 2.24) is 15.6 Å². The third kappa shape index (κ3) is 5.58. The second-order valence-corrected chi connectivity index (χ2v) is 7.16. The van der Waals surface area contributed by atoms with Gasteiger partial charge in [-0.15, -0.1) is 0 Å². The lowest BCUT2D eigenvalue weighted by atomic mass is 10.1. The molecule has 0 fully saturated rings. The van der Waals surface area contributed by atoms with Crippen LogP contribution in [0.25, 0.3) is 11.3 Å². The molecule has 0 unspecified atom stereocenters. The number of amides is 1. The molecule has 0 radical (unpaired) electrons. The molecule has 1 amide bonds. The first-order valence-electron chi connectivity index (χ1n) is 9.59. The molecule has 0 spiro atoms. The van der Waals surface area contributed by atoms with E-state index in [1.165, 1.54) is 0 Å². The minimum absolute atomic E-state index is 0.307. The van der Waals surface area contributed by atoms with Crippen LogP contribution in [0.2, 0.25) is 5.02 Å². The van der Waals surface area contributed by atoms with Gasteiger partial charge in [-0.1, -0.05) is 66.2 Å². The van der Waals surface area contributed by atoms with Crippen molar-refractivity contribution in [3.63, 3.8) is 0 Å². The Labute approximate surface area is 184 Å². The van der Waals surface area contributed by atoms with Crippen molar-refractivity contribution >= 4 is 23.7 Å². The Balaban J connectivity index is 1.34. The van der Waals surface area contributed by atoms with Crippen molar-refractivity contribution in [3.05, 3.63) is 107 Å². The molecule has 0 bridgehead atoms. The van der Waals surface area contributed by atoms with Crippen LogP contribution in [0.5, 0.6) is 5.75 Å². The molecular weight excluding hydrogens is 412 g/mol. The fraction of sp³-hybridized carbons (Fsp3) is 0.0417. The number of hydrazone groups is 1. The van der Waals surface area contributed by atoms with Crippen LogP contribution >= 0.6 is 11.6 Å².